The van der Waals surface area contributed by atoms with Crippen molar-refractivity contribution in [2.45, 2.75) is 51.9 Å². The molecular formula is C19H22O. The molecule has 2 saturated carbocycles. The van der Waals surface area contributed by atoms with Crippen LogP contribution in [0.5, 0.6) is 0 Å². The first-order chi connectivity index (χ1) is 9.59. The van der Waals surface area contributed by atoms with Gasteiger partial charge in [-0.3, -0.25) is 4.79 Å². The molecule has 2 unspecified atom stereocenters. The van der Waals surface area contributed by atoms with Crippen molar-refractivity contribution in [1.29, 1.82) is 0 Å². The second-order valence-electron chi connectivity index (χ2n) is 7.13. The van der Waals surface area contributed by atoms with Crippen LogP contribution in [0.3, 0.4) is 0 Å². The highest BCUT2D eigenvalue weighted by Gasteiger charge is 2.51. The lowest BCUT2D eigenvalue weighted by Gasteiger charge is -2.43. The largest absolute Gasteiger partial charge is 0.299 e. The van der Waals surface area contributed by atoms with Gasteiger partial charge in [-0.15, -0.1) is 0 Å². The van der Waals surface area contributed by atoms with Crippen molar-refractivity contribution in [2.24, 2.45) is 11.3 Å². The van der Waals surface area contributed by atoms with E-state index in [0.29, 0.717) is 17.6 Å². The normalized spacial score (nSPS) is 35.1. The molecule has 0 radical (unpaired) electrons. The minimum absolute atomic E-state index is 0.0511. The van der Waals surface area contributed by atoms with Gasteiger partial charge in [0, 0.05) is 17.8 Å². The zero-order valence-electron chi connectivity index (χ0n) is 12.4. The molecule has 1 aromatic rings. The standard InChI is InChI=1S/C19H22O/c1-12-3-5-14-13(11-12)4-6-16-15(14)9-10-19(2)17(16)7-8-18(19)20/h3,5-6,11,15,17H,4,7-10H2,1-2H3/t15?,17?,19-/m0/s1. The van der Waals surface area contributed by atoms with Crippen molar-refractivity contribution in [3.8, 4) is 0 Å². The van der Waals surface area contributed by atoms with Gasteiger partial charge in [-0.1, -0.05) is 42.3 Å². The quantitative estimate of drug-likeness (QED) is 0.638. The van der Waals surface area contributed by atoms with Crippen LogP contribution in [0, 0.1) is 18.3 Å². The van der Waals surface area contributed by atoms with E-state index in [9.17, 15) is 4.79 Å². The Morgan fingerprint density at radius 2 is 2.10 bits per heavy atom. The van der Waals surface area contributed by atoms with Gasteiger partial charge in [-0.2, -0.15) is 0 Å². The lowest BCUT2D eigenvalue weighted by atomic mass is 9.60. The predicted molar refractivity (Wildman–Crippen MR) is 80.8 cm³/mol. The van der Waals surface area contributed by atoms with Crippen molar-refractivity contribution >= 4 is 5.78 Å². The van der Waals surface area contributed by atoms with Crippen LogP contribution >= 0.6 is 0 Å². The molecule has 104 valence electrons. The number of Topliss-reactive ketones (excluding diaryl/α,β-unsaturated/α-hetero) is 1. The van der Waals surface area contributed by atoms with E-state index in [0.717, 1.165) is 32.1 Å². The van der Waals surface area contributed by atoms with Crippen molar-refractivity contribution in [2.75, 3.05) is 0 Å². The van der Waals surface area contributed by atoms with Gasteiger partial charge in [-0.25, -0.2) is 0 Å². The van der Waals surface area contributed by atoms with Crippen LogP contribution in [0.4, 0.5) is 0 Å². The molecule has 0 bridgehead atoms. The third-order valence-electron chi connectivity index (χ3n) is 6.05. The number of allylic oxidation sites excluding steroid dienone is 2. The van der Waals surface area contributed by atoms with Gasteiger partial charge in [0.25, 0.3) is 0 Å². The molecule has 0 aliphatic heterocycles. The first-order valence-corrected chi connectivity index (χ1v) is 7.92. The Balaban J connectivity index is 1.77. The second kappa shape index (κ2) is 4.07. The number of aryl methyl sites for hydroxylation is 1. The minimum Gasteiger partial charge on any atom is -0.299 e. The van der Waals surface area contributed by atoms with Crippen LogP contribution in [-0.4, -0.2) is 5.78 Å². The molecule has 1 heteroatoms. The van der Waals surface area contributed by atoms with Crippen LogP contribution in [0.2, 0.25) is 0 Å². The van der Waals surface area contributed by atoms with E-state index in [1.165, 1.54) is 16.7 Å². The maximum atomic E-state index is 12.3. The second-order valence-corrected chi connectivity index (χ2v) is 7.13. The molecule has 0 heterocycles. The highest BCUT2D eigenvalue weighted by molar-refractivity contribution is 5.88. The van der Waals surface area contributed by atoms with Crippen molar-refractivity contribution < 1.29 is 4.79 Å². The summed E-state index contributed by atoms with van der Waals surface area (Å²) in [5.74, 6) is 1.61. The van der Waals surface area contributed by atoms with Gasteiger partial charge in [-0.05, 0) is 49.7 Å². The number of benzene rings is 1. The van der Waals surface area contributed by atoms with Gasteiger partial charge in [0.2, 0.25) is 0 Å². The number of fused-ring (bicyclic) bond motifs is 5. The smallest absolute Gasteiger partial charge is 0.139 e. The number of rotatable bonds is 0. The topological polar surface area (TPSA) is 17.1 Å². The molecule has 3 atom stereocenters. The van der Waals surface area contributed by atoms with Crippen LogP contribution in [0.25, 0.3) is 0 Å². The molecule has 1 aromatic carbocycles. The van der Waals surface area contributed by atoms with Gasteiger partial charge in [0.15, 0.2) is 0 Å². The fraction of sp³-hybridized carbons (Fsp3) is 0.526. The Kier molecular flexibility index (Phi) is 2.52. The van der Waals surface area contributed by atoms with E-state index in [2.05, 4.69) is 38.1 Å². The number of carbonyl (C=O) groups excluding carboxylic acids is 1. The van der Waals surface area contributed by atoms with E-state index in [1.54, 1.807) is 5.57 Å². The van der Waals surface area contributed by atoms with Crippen LogP contribution in [0.15, 0.2) is 29.8 Å². The van der Waals surface area contributed by atoms with Crippen LogP contribution in [0.1, 0.15) is 55.2 Å². The first kappa shape index (κ1) is 12.4. The van der Waals surface area contributed by atoms with Crippen LogP contribution < -0.4 is 0 Å². The molecule has 2 fully saturated rings. The first-order valence-electron chi connectivity index (χ1n) is 7.92. The Hall–Kier alpha value is -1.37. The summed E-state index contributed by atoms with van der Waals surface area (Å²) in [4.78, 5) is 12.3. The summed E-state index contributed by atoms with van der Waals surface area (Å²) < 4.78 is 0. The average molecular weight is 266 g/mol. The molecule has 0 spiro atoms. The molecule has 1 nitrogen and oxygen atoms in total. The highest BCUT2D eigenvalue weighted by Crippen LogP contribution is 2.57. The molecule has 20 heavy (non-hydrogen) atoms. The Labute approximate surface area is 121 Å². The van der Waals surface area contributed by atoms with Crippen LogP contribution in [-0.2, 0) is 11.2 Å². The minimum atomic E-state index is -0.0511. The fourth-order valence-electron chi connectivity index (χ4n) is 4.87. The lowest BCUT2D eigenvalue weighted by Crippen LogP contribution is -2.37. The summed E-state index contributed by atoms with van der Waals surface area (Å²) in [5, 5.41) is 0. The van der Waals surface area contributed by atoms with E-state index in [-0.39, 0.29) is 5.41 Å². The summed E-state index contributed by atoms with van der Waals surface area (Å²) in [5.41, 5.74) is 5.93. The Morgan fingerprint density at radius 1 is 1.25 bits per heavy atom. The summed E-state index contributed by atoms with van der Waals surface area (Å²) in [6.45, 7) is 4.39. The number of ketones is 1. The van der Waals surface area contributed by atoms with Gasteiger partial charge >= 0.3 is 0 Å². The predicted octanol–water partition coefficient (Wildman–Crippen LogP) is 4.34. The molecule has 0 amide bonds. The van der Waals surface area contributed by atoms with Gasteiger partial charge < -0.3 is 0 Å². The van der Waals surface area contributed by atoms with Crippen molar-refractivity contribution in [3.63, 3.8) is 0 Å². The molecule has 0 aromatic heterocycles. The van der Waals surface area contributed by atoms with Crippen molar-refractivity contribution in [3.05, 3.63) is 46.5 Å². The van der Waals surface area contributed by atoms with E-state index in [4.69, 9.17) is 0 Å². The molecule has 0 N–H and O–H groups in total. The zero-order chi connectivity index (χ0) is 13.9. The maximum absolute atomic E-state index is 12.3. The number of hydrogen-bond donors (Lipinski definition) is 0. The zero-order valence-corrected chi connectivity index (χ0v) is 12.4. The monoisotopic (exact) mass is 266 g/mol. The molecule has 0 saturated heterocycles. The molecule has 3 aliphatic carbocycles. The summed E-state index contributed by atoms with van der Waals surface area (Å²) in [6.07, 6.45) is 7.62. The number of hydrogen-bond acceptors (Lipinski definition) is 1. The molecule has 3 aliphatic rings. The Bertz CT molecular complexity index is 625. The highest BCUT2D eigenvalue weighted by atomic mass is 16.1. The van der Waals surface area contributed by atoms with Crippen molar-refractivity contribution in [1.82, 2.24) is 0 Å². The van der Waals surface area contributed by atoms with E-state index < -0.39 is 0 Å². The lowest BCUT2D eigenvalue weighted by molar-refractivity contribution is -0.126. The number of carbonyl (C=O) groups is 1. The fourth-order valence-corrected chi connectivity index (χ4v) is 4.87. The summed E-state index contributed by atoms with van der Waals surface area (Å²) >= 11 is 0. The SMILES string of the molecule is Cc1ccc2c(c1)CC=C1C2CC[C@]2(C)C(=O)CCC12. The molecular weight excluding hydrogens is 244 g/mol. The molecule has 4 rings (SSSR count). The van der Waals surface area contributed by atoms with Gasteiger partial charge in [0.1, 0.15) is 5.78 Å². The van der Waals surface area contributed by atoms with E-state index >= 15 is 0 Å². The van der Waals surface area contributed by atoms with Gasteiger partial charge in [0.05, 0.1) is 0 Å². The average Bonchev–Trinajstić information content (AvgIpc) is 2.74. The maximum Gasteiger partial charge on any atom is 0.139 e. The Morgan fingerprint density at radius 3 is 2.95 bits per heavy atom. The summed E-state index contributed by atoms with van der Waals surface area (Å²) in [6, 6.07) is 6.92. The van der Waals surface area contributed by atoms with E-state index in [1.807, 2.05) is 0 Å². The third kappa shape index (κ3) is 1.52. The summed E-state index contributed by atoms with van der Waals surface area (Å²) in [7, 11) is 0. The third-order valence-corrected chi connectivity index (χ3v) is 6.05.